The van der Waals surface area contributed by atoms with E-state index in [0.717, 1.165) is 81.1 Å². The van der Waals surface area contributed by atoms with Crippen LogP contribution in [0.2, 0.25) is 5.02 Å². The number of fused-ring (bicyclic) bond motifs is 4. The van der Waals surface area contributed by atoms with E-state index in [1.165, 1.54) is 158 Å². The topological polar surface area (TPSA) is 19.4 Å². The van der Waals surface area contributed by atoms with E-state index in [0.29, 0.717) is 5.02 Å². The van der Waals surface area contributed by atoms with Crippen molar-refractivity contribution in [2.45, 2.75) is 288 Å². The Morgan fingerprint density at radius 3 is 0.853 bits per heavy atom. The lowest BCUT2D eigenvalue weighted by atomic mass is 9.33. The van der Waals surface area contributed by atoms with Crippen molar-refractivity contribution >= 4 is 137 Å². The fraction of sp³-hybridized carbons (Fsp3) is 0.344. The maximum atomic E-state index is 7.94. The van der Waals surface area contributed by atoms with Gasteiger partial charge in [-0.05, 0) is 311 Å². The zero-order chi connectivity index (χ0) is 97.4. The Balaban J connectivity index is 0.000000207. The van der Waals surface area contributed by atoms with E-state index in [2.05, 4.69) is 525 Å². The number of nitrogens with zero attached hydrogens (tertiary/aromatic N) is 6. The highest BCUT2D eigenvalue weighted by Gasteiger charge is 2.45. The van der Waals surface area contributed by atoms with Gasteiger partial charge in [0.2, 0.25) is 0 Å². The van der Waals surface area contributed by atoms with Gasteiger partial charge in [0.15, 0.2) is 0 Å². The summed E-state index contributed by atoms with van der Waals surface area (Å²) < 4.78 is 0. The Labute approximate surface area is 824 Å². The molecule has 0 atom stereocenters. The van der Waals surface area contributed by atoms with Crippen LogP contribution in [0.25, 0.3) is 0 Å². The van der Waals surface area contributed by atoms with E-state index in [1.54, 1.807) is 0 Å². The Morgan fingerprint density at radius 1 is 0.228 bits per heavy atom. The minimum absolute atomic E-state index is 0.0207. The highest BCUT2D eigenvalue weighted by Crippen LogP contribution is 2.52. The molecule has 6 nitrogen and oxygen atoms in total. The standard InChI is InChI=1S/C64H74BN3.C64H76ClN3/c1-14-15-16-17-19-44-22-31-51(32-23-44)68-58-21-18-20-57-60(58)65(55-42-48(64(11,12)13)30-41-56(55)67(57)52-37-28-47(29-38-52)63(8,9)10)54-40-39-53(43-59(54)68)66(49-33-24-45(25-34-49)61(2,3)4)50-35-26-46(27-36-50)62(5,6)7;1-14-15-16-17-20-46-25-35-53(36-26-46)68(57-22-18-21-56(45-57)66(51-37-27-47(28-38-51)61(2,3)4)52-39-29-48(30-40-52)62(5,6)7)59-24-19-23-58(60(59)65)67(54-41-31-49(32-42-54)63(8,9)10)55-43-33-50(34-44-55)64(11,12)13/h18,20-43H,14-17,19H2,1-13H3;18-19,21-45H,14-17,20H2,1-13H3. The number of unbranched alkanes of at least 4 members (excludes halogenated alkanes) is 6. The highest BCUT2D eigenvalue weighted by molar-refractivity contribution is 7.00. The summed E-state index contributed by atoms with van der Waals surface area (Å²) in [5, 5.41) is 0.661. The third-order valence-corrected chi connectivity index (χ3v) is 28.2. The van der Waals surface area contributed by atoms with Gasteiger partial charge in [-0.15, -0.1) is 0 Å². The van der Waals surface area contributed by atoms with Crippen LogP contribution < -0.4 is 45.8 Å². The summed E-state index contributed by atoms with van der Waals surface area (Å²) in [4.78, 5) is 14.6. The number of rotatable bonds is 24. The molecule has 0 aromatic heterocycles. The lowest BCUT2D eigenvalue weighted by Crippen LogP contribution is -2.61. The third kappa shape index (κ3) is 21.9. The average molecular weight is 1820 g/mol. The number of hydrogen-bond donors (Lipinski definition) is 0. The first-order chi connectivity index (χ1) is 64.3. The largest absolute Gasteiger partial charge is 0.311 e. The van der Waals surface area contributed by atoms with Crippen molar-refractivity contribution in [2.75, 3.05) is 29.4 Å². The fourth-order valence-electron chi connectivity index (χ4n) is 19.4. The van der Waals surface area contributed by atoms with Crippen molar-refractivity contribution in [1.29, 1.82) is 0 Å². The van der Waals surface area contributed by atoms with Crippen LogP contribution in [0.4, 0.5) is 102 Å². The van der Waals surface area contributed by atoms with Crippen LogP contribution in [0, 0.1) is 0 Å². The van der Waals surface area contributed by atoms with Gasteiger partial charge >= 0.3 is 0 Å². The molecule has 0 amide bonds. The van der Waals surface area contributed by atoms with Crippen molar-refractivity contribution in [1.82, 2.24) is 0 Å². The quantitative estimate of drug-likeness (QED) is 0.0440. The smallest absolute Gasteiger partial charge is 0.252 e. The van der Waals surface area contributed by atoms with Crippen molar-refractivity contribution in [3.8, 4) is 0 Å². The summed E-state index contributed by atoms with van der Waals surface area (Å²) >= 11 is 7.94. The molecule has 8 heteroatoms. The minimum atomic E-state index is -0.0226. The summed E-state index contributed by atoms with van der Waals surface area (Å²) in [6, 6.07) is 120. The molecule has 0 spiro atoms. The van der Waals surface area contributed by atoms with Gasteiger partial charge in [0.25, 0.3) is 6.71 Å². The van der Waals surface area contributed by atoms with Crippen molar-refractivity contribution in [2.24, 2.45) is 0 Å². The van der Waals surface area contributed by atoms with Crippen LogP contribution in [0.1, 0.15) is 287 Å². The Bertz CT molecular complexity index is 6240. The van der Waals surface area contributed by atoms with Gasteiger partial charge in [-0.25, -0.2) is 0 Å². The van der Waals surface area contributed by atoms with Gasteiger partial charge in [-0.3, -0.25) is 0 Å². The molecule has 0 N–H and O–H groups in total. The lowest BCUT2D eigenvalue weighted by molar-refractivity contribution is 0.590. The zero-order valence-electron chi connectivity index (χ0n) is 86.7. The van der Waals surface area contributed by atoms with Crippen molar-refractivity contribution in [3.05, 3.63) is 376 Å². The molecule has 2 heterocycles. The summed E-state index contributed by atoms with van der Waals surface area (Å²) in [6.07, 6.45) is 12.2. The molecule has 2 aliphatic rings. The second kappa shape index (κ2) is 39.7. The molecular formula is C128H150BClN6. The van der Waals surface area contributed by atoms with E-state index < -0.39 is 0 Å². The molecule has 0 aliphatic carbocycles. The van der Waals surface area contributed by atoms with Crippen molar-refractivity contribution < 1.29 is 0 Å². The molecule has 14 aromatic carbocycles. The number of benzene rings is 14. The number of halogens is 1. The SMILES string of the molecule is CCCCCCc1ccc(N(c2cccc(N(c3ccc(C(C)(C)C)cc3)c3ccc(C(C)(C)C)cc3)c2)c2cccc(N(c3ccc(C(C)(C)C)cc3)c3ccc(C(C)(C)C)cc3)c2Cl)cc1.CCCCCCc1ccc(N2c3cc(N(c4ccc(C(C)(C)C)cc4)c4ccc(C(C)(C)C)cc4)ccc3B3c4cc(C(C)(C)C)ccc4N(c4ccc(C(C)(C)C)cc4)c4cccc2c43)cc1. The van der Waals surface area contributed by atoms with E-state index in [9.17, 15) is 0 Å². The molecule has 14 aromatic rings. The summed E-state index contributed by atoms with van der Waals surface area (Å²) in [5.41, 5.74) is 37.5. The molecule has 702 valence electrons. The number of aryl methyl sites for hydroxylation is 2. The van der Waals surface area contributed by atoms with Gasteiger partial charge in [0.1, 0.15) is 0 Å². The molecule has 16 rings (SSSR count). The zero-order valence-corrected chi connectivity index (χ0v) is 87.5. The predicted molar refractivity (Wildman–Crippen MR) is 596 cm³/mol. The normalized spacial score (nSPS) is 12.9. The second-order valence-corrected chi connectivity index (χ2v) is 47.0. The molecule has 0 saturated heterocycles. The van der Waals surface area contributed by atoms with Crippen LogP contribution in [0.5, 0.6) is 0 Å². The summed E-state index contributed by atoms with van der Waals surface area (Å²) in [6.45, 7) is 59.4. The van der Waals surface area contributed by atoms with Crippen LogP contribution in [0.15, 0.2) is 315 Å². The van der Waals surface area contributed by atoms with Gasteiger partial charge in [0.05, 0.1) is 16.4 Å². The molecule has 0 bridgehead atoms. The van der Waals surface area contributed by atoms with Crippen LogP contribution in [0.3, 0.4) is 0 Å². The fourth-order valence-corrected chi connectivity index (χ4v) is 19.7. The van der Waals surface area contributed by atoms with E-state index in [4.69, 9.17) is 11.6 Å². The third-order valence-electron chi connectivity index (χ3n) is 27.9. The Hall–Kier alpha value is -11.8. The first-order valence-electron chi connectivity index (χ1n) is 50.4. The van der Waals surface area contributed by atoms with E-state index in [1.807, 2.05) is 0 Å². The molecule has 136 heavy (non-hydrogen) atoms. The Kier molecular flexibility index (Phi) is 28.9. The monoisotopic (exact) mass is 1820 g/mol. The highest BCUT2D eigenvalue weighted by atomic mass is 35.5. The van der Waals surface area contributed by atoms with Crippen molar-refractivity contribution in [3.63, 3.8) is 0 Å². The van der Waals surface area contributed by atoms with Crippen LogP contribution in [-0.2, 0) is 56.2 Å². The second-order valence-electron chi connectivity index (χ2n) is 46.6. The van der Waals surface area contributed by atoms with Crippen LogP contribution >= 0.6 is 11.6 Å². The molecule has 0 saturated carbocycles. The molecule has 0 fully saturated rings. The van der Waals surface area contributed by atoms with Gasteiger partial charge in [-0.2, -0.15) is 0 Å². The van der Waals surface area contributed by atoms with Gasteiger partial charge < -0.3 is 29.4 Å². The van der Waals surface area contributed by atoms with E-state index in [-0.39, 0.29) is 50.0 Å². The minimum Gasteiger partial charge on any atom is -0.311 e. The predicted octanol–water partition coefficient (Wildman–Crippen LogP) is 36.6. The Morgan fingerprint density at radius 2 is 0.500 bits per heavy atom. The number of anilines is 18. The van der Waals surface area contributed by atoms with Crippen LogP contribution in [-0.4, -0.2) is 6.71 Å². The molecular weight excluding hydrogens is 1670 g/mol. The van der Waals surface area contributed by atoms with Gasteiger partial charge in [0, 0.05) is 91.0 Å². The van der Waals surface area contributed by atoms with Gasteiger partial charge in [-0.1, -0.05) is 376 Å². The lowest BCUT2D eigenvalue weighted by Gasteiger charge is -2.44. The molecule has 0 unspecified atom stereocenters. The maximum absolute atomic E-state index is 7.94. The molecule has 2 aliphatic heterocycles. The number of hydrogen-bond acceptors (Lipinski definition) is 6. The summed E-state index contributed by atoms with van der Waals surface area (Å²) in [7, 11) is 0. The average Bonchev–Trinajstić information content (AvgIpc) is 0.695. The first-order valence-corrected chi connectivity index (χ1v) is 50.8. The van der Waals surface area contributed by atoms with E-state index >= 15 is 0 Å². The summed E-state index contributed by atoms with van der Waals surface area (Å²) in [5.74, 6) is 0. The maximum Gasteiger partial charge on any atom is 0.252 e. The molecule has 0 radical (unpaired) electrons. The first kappa shape index (κ1) is 98.7.